The molecule has 104 valence electrons. The predicted molar refractivity (Wildman–Crippen MR) is 70.6 cm³/mol. The fourth-order valence-electron chi connectivity index (χ4n) is 1.59. The minimum Gasteiger partial charge on any atom is -0.443 e. The van der Waals surface area contributed by atoms with Crippen LogP contribution in [0.4, 0.5) is 4.39 Å². The van der Waals surface area contributed by atoms with Gasteiger partial charge in [0.25, 0.3) is 5.91 Å². The van der Waals surface area contributed by atoms with Gasteiger partial charge in [0.1, 0.15) is 10.7 Å². The Morgan fingerprint density at radius 2 is 2.00 bits per heavy atom. The van der Waals surface area contributed by atoms with E-state index in [2.05, 4.69) is 4.98 Å². The van der Waals surface area contributed by atoms with Crippen molar-refractivity contribution in [2.75, 3.05) is 0 Å². The van der Waals surface area contributed by atoms with Gasteiger partial charge in [-0.2, -0.15) is 0 Å². The van der Waals surface area contributed by atoms with Gasteiger partial charge in [-0.05, 0) is 19.1 Å². The number of halogens is 1. The summed E-state index contributed by atoms with van der Waals surface area (Å²) in [6, 6.07) is 5.02. The number of carbonyl (C=O) groups excluding carboxylic acids is 2. The second-order valence-electron chi connectivity index (χ2n) is 4.01. The minimum atomic E-state index is -1.26. The van der Waals surface area contributed by atoms with Crippen LogP contribution in [0.3, 0.4) is 0 Å². The molecule has 0 saturated heterocycles. The number of aromatic nitrogens is 1. The minimum absolute atomic E-state index is 0.304. The lowest BCUT2D eigenvalue weighted by atomic mass is 10.1. The molecular formula is C13H11FN2O3S. The van der Waals surface area contributed by atoms with Gasteiger partial charge < -0.3 is 10.5 Å². The van der Waals surface area contributed by atoms with E-state index in [1.807, 2.05) is 0 Å². The van der Waals surface area contributed by atoms with Gasteiger partial charge in [-0.15, -0.1) is 11.3 Å². The number of amides is 1. The van der Waals surface area contributed by atoms with Crippen molar-refractivity contribution in [3.05, 3.63) is 51.7 Å². The number of hydrogen-bond acceptors (Lipinski definition) is 5. The highest BCUT2D eigenvalue weighted by Gasteiger charge is 2.25. The molecule has 7 heteroatoms. The number of hydrogen-bond donors (Lipinski definition) is 1. The number of rotatable bonds is 4. The lowest BCUT2D eigenvalue weighted by Gasteiger charge is -2.14. The monoisotopic (exact) mass is 294 g/mol. The van der Waals surface area contributed by atoms with E-state index in [9.17, 15) is 14.0 Å². The molecular weight excluding hydrogens is 283 g/mol. The molecule has 1 amide bonds. The van der Waals surface area contributed by atoms with Gasteiger partial charge in [0.2, 0.25) is 6.10 Å². The fraction of sp³-hybridized carbons (Fsp3) is 0.154. The third kappa shape index (κ3) is 3.00. The van der Waals surface area contributed by atoms with E-state index < -0.39 is 23.8 Å². The van der Waals surface area contributed by atoms with Crippen molar-refractivity contribution in [1.82, 2.24) is 4.98 Å². The van der Waals surface area contributed by atoms with Crippen molar-refractivity contribution in [2.45, 2.75) is 13.0 Å². The van der Waals surface area contributed by atoms with Crippen LogP contribution >= 0.6 is 11.3 Å². The molecule has 2 N–H and O–H groups in total. The summed E-state index contributed by atoms with van der Waals surface area (Å²) in [5.74, 6) is -1.97. The summed E-state index contributed by atoms with van der Waals surface area (Å²) in [6.45, 7) is 1.66. The van der Waals surface area contributed by atoms with Gasteiger partial charge in [0.15, 0.2) is 0 Å². The molecule has 0 aliphatic carbocycles. The van der Waals surface area contributed by atoms with Crippen LogP contribution in [0, 0.1) is 12.7 Å². The van der Waals surface area contributed by atoms with E-state index in [-0.39, 0.29) is 0 Å². The zero-order valence-corrected chi connectivity index (χ0v) is 11.3. The van der Waals surface area contributed by atoms with Crippen molar-refractivity contribution in [2.24, 2.45) is 5.73 Å². The Morgan fingerprint density at radius 1 is 1.35 bits per heavy atom. The van der Waals surface area contributed by atoms with Gasteiger partial charge in [-0.3, -0.25) is 4.79 Å². The summed E-state index contributed by atoms with van der Waals surface area (Å²) in [6.07, 6.45) is -1.26. The molecule has 0 fully saturated rings. The highest BCUT2D eigenvalue weighted by Crippen LogP contribution is 2.22. The smallest absolute Gasteiger partial charge is 0.351 e. The number of ether oxygens (including phenoxy) is 1. The van der Waals surface area contributed by atoms with E-state index in [1.54, 1.807) is 6.92 Å². The van der Waals surface area contributed by atoms with Crippen LogP contribution in [0.15, 0.2) is 29.8 Å². The molecule has 1 aromatic carbocycles. The Morgan fingerprint density at radius 3 is 2.50 bits per heavy atom. The van der Waals surface area contributed by atoms with Gasteiger partial charge in [0.05, 0.1) is 11.2 Å². The number of primary amides is 1. The molecule has 0 aliphatic heterocycles. The van der Waals surface area contributed by atoms with Crippen LogP contribution in [0.25, 0.3) is 0 Å². The normalized spacial score (nSPS) is 11.9. The molecule has 0 saturated carbocycles. The molecule has 2 aromatic rings. The number of thiazole rings is 1. The molecule has 2 rings (SSSR count). The summed E-state index contributed by atoms with van der Waals surface area (Å²) in [4.78, 5) is 27.6. The lowest BCUT2D eigenvalue weighted by Crippen LogP contribution is -2.26. The standard InChI is InChI=1S/C13H11FN2O3S/c1-7-11(20-6-16-7)13(18)19-10(12(15)17)8-2-4-9(14)5-3-8/h2-6,10H,1H3,(H2,15,17). The number of carbonyl (C=O) groups is 2. The third-order valence-corrected chi connectivity index (χ3v) is 3.50. The van der Waals surface area contributed by atoms with Crippen molar-refractivity contribution >= 4 is 23.2 Å². The zero-order chi connectivity index (χ0) is 14.7. The predicted octanol–water partition coefficient (Wildman–Crippen LogP) is 1.97. The zero-order valence-electron chi connectivity index (χ0n) is 10.5. The van der Waals surface area contributed by atoms with E-state index in [0.717, 1.165) is 23.5 Å². The summed E-state index contributed by atoms with van der Waals surface area (Å²) in [5, 5.41) is 0. The summed E-state index contributed by atoms with van der Waals surface area (Å²) < 4.78 is 18.0. The summed E-state index contributed by atoms with van der Waals surface area (Å²) in [7, 11) is 0. The van der Waals surface area contributed by atoms with Crippen molar-refractivity contribution in [1.29, 1.82) is 0 Å². The fourth-order valence-corrected chi connectivity index (χ4v) is 2.27. The first-order valence-corrected chi connectivity index (χ1v) is 6.53. The van der Waals surface area contributed by atoms with Crippen molar-refractivity contribution in [3.63, 3.8) is 0 Å². The van der Waals surface area contributed by atoms with Crippen LogP contribution in [0.1, 0.15) is 27.0 Å². The van der Waals surface area contributed by atoms with Crippen molar-refractivity contribution < 1.29 is 18.7 Å². The van der Waals surface area contributed by atoms with Crippen LogP contribution in [-0.2, 0) is 9.53 Å². The highest BCUT2D eigenvalue weighted by molar-refractivity contribution is 7.11. The number of aryl methyl sites for hydroxylation is 1. The average Bonchev–Trinajstić information content (AvgIpc) is 2.83. The van der Waals surface area contributed by atoms with Crippen molar-refractivity contribution in [3.8, 4) is 0 Å². The van der Waals surface area contributed by atoms with Gasteiger partial charge in [-0.25, -0.2) is 14.2 Å². The van der Waals surface area contributed by atoms with Crippen LogP contribution in [-0.4, -0.2) is 16.9 Å². The second-order valence-corrected chi connectivity index (χ2v) is 4.86. The topological polar surface area (TPSA) is 82.3 Å². The van der Waals surface area contributed by atoms with Gasteiger partial charge >= 0.3 is 5.97 Å². The van der Waals surface area contributed by atoms with Gasteiger partial charge in [0, 0.05) is 5.56 Å². The second kappa shape index (κ2) is 5.79. The first-order chi connectivity index (χ1) is 9.49. The van der Waals surface area contributed by atoms with Crippen LogP contribution in [0.2, 0.25) is 0 Å². The van der Waals surface area contributed by atoms with E-state index in [0.29, 0.717) is 16.1 Å². The Bertz CT molecular complexity index is 639. The molecule has 0 aliphatic rings. The molecule has 0 bridgehead atoms. The summed E-state index contributed by atoms with van der Waals surface area (Å²) >= 11 is 1.11. The maximum Gasteiger partial charge on any atom is 0.351 e. The first kappa shape index (κ1) is 14.1. The molecule has 1 heterocycles. The quantitative estimate of drug-likeness (QED) is 0.874. The SMILES string of the molecule is Cc1ncsc1C(=O)OC(C(N)=O)c1ccc(F)cc1. The summed E-state index contributed by atoms with van der Waals surface area (Å²) in [5.41, 5.74) is 7.56. The average molecular weight is 294 g/mol. The molecule has 0 radical (unpaired) electrons. The first-order valence-electron chi connectivity index (χ1n) is 5.65. The Balaban J connectivity index is 2.22. The lowest BCUT2D eigenvalue weighted by molar-refractivity contribution is -0.127. The number of benzene rings is 1. The van der Waals surface area contributed by atoms with E-state index in [1.165, 1.54) is 17.6 Å². The molecule has 20 heavy (non-hydrogen) atoms. The number of nitrogens with two attached hydrogens (primary N) is 1. The van der Waals surface area contributed by atoms with E-state index in [4.69, 9.17) is 10.5 Å². The Hall–Kier alpha value is -2.28. The maximum absolute atomic E-state index is 12.9. The number of nitrogens with zero attached hydrogens (tertiary/aromatic N) is 1. The third-order valence-electron chi connectivity index (χ3n) is 2.59. The van der Waals surface area contributed by atoms with E-state index >= 15 is 0 Å². The van der Waals surface area contributed by atoms with Crippen LogP contribution < -0.4 is 5.73 Å². The molecule has 0 spiro atoms. The highest BCUT2D eigenvalue weighted by atomic mass is 32.1. The maximum atomic E-state index is 12.9. The Kier molecular flexibility index (Phi) is 4.09. The largest absolute Gasteiger partial charge is 0.443 e. The molecule has 1 aromatic heterocycles. The number of esters is 1. The molecule has 1 atom stereocenters. The molecule has 5 nitrogen and oxygen atoms in total. The van der Waals surface area contributed by atoms with Crippen LogP contribution in [0.5, 0.6) is 0 Å². The van der Waals surface area contributed by atoms with Gasteiger partial charge in [-0.1, -0.05) is 12.1 Å². The molecule has 1 unspecified atom stereocenters. The Labute approximate surface area is 118 Å².